The summed E-state index contributed by atoms with van der Waals surface area (Å²) in [5.74, 6) is -0.659. The Labute approximate surface area is 111 Å². The minimum atomic E-state index is -4.07. The zero-order valence-electron chi connectivity index (χ0n) is 8.91. The zero-order chi connectivity index (χ0) is 12.5. The largest absolute Gasteiger partial charge is 0.391 e. The lowest BCUT2D eigenvalue weighted by atomic mass is 9.96. The van der Waals surface area contributed by atoms with Crippen molar-refractivity contribution in [1.29, 1.82) is 0 Å². The molecule has 0 bridgehead atoms. The van der Waals surface area contributed by atoms with Crippen LogP contribution in [-0.2, 0) is 0 Å². The van der Waals surface area contributed by atoms with Gasteiger partial charge in [0.15, 0.2) is 0 Å². The van der Waals surface area contributed by atoms with Gasteiger partial charge in [-0.2, -0.15) is 13.2 Å². The van der Waals surface area contributed by atoms with Crippen LogP contribution in [0.3, 0.4) is 0 Å². The molecule has 0 amide bonds. The molecule has 2 heterocycles. The minimum absolute atomic E-state index is 0.124. The lowest BCUT2D eigenvalue weighted by molar-refractivity contribution is -0.179. The van der Waals surface area contributed by atoms with E-state index < -0.39 is 12.1 Å². The first-order chi connectivity index (χ1) is 7.97. The van der Waals surface area contributed by atoms with Crippen molar-refractivity contribution in [2.45, 2.75) is 19.0 Å². The van der Waals surface area contributed by atoms with Gasteiger partial charge in [-0.25, -0.2) is 9.97 Å². The summed E-state index contributed by atoms with van der Waals surface area (Å²) in [6, 6.07) is 0. The number of anilines is 1. The first kappa shape index (κ1) is 12.8. The van der Waals surface area contributed by atoms with Crippen LogP contribution in [0.4, 0.5) is 19.1 Å². The molecule has 1 aromatic rings. The van der Waals surface area contributed by atoms with Gasteiger partial charge in [0.05, 0.1) is 5.92 Å². The fourth-order valence-corrected chi connectivity index (χ4v) is 2.15. The van der Waals surface area contributed by atoms with Crippen LogP contribution in [0.1, 0.15) is 12.8 Å². The lowest BCUT2D eigenvalue weighted by Gasteiger charge is -2.32. The first-order valence-corrected chi connectivity index (χ1v) is 6.34. The van der Waals surface area contributed by atoms with Crippen molar-refractivity contribution in [2.24, 2.45) is 5.92 Å². The second-order valence-corrected chi connectivity index (χ2v) is 5.25. The minimum Gasteiger partial charge on any atom is -0.341 e. The van der Waals surface area contributed by atoms with Gasteiger partial charge in [0.2, 0.25) is 5.95 Å². The van der Waals surface area contributed by atoms with Crippen molar-refractivity contribution in [3.8, 4) is 0 Å². The maximum Gasteiger partial charge on any atom is 0.391 e. The summed E-state index contributed by atoms with van der Waals surface area (Å²) in [6.45, 7) is 0.732. The summed E-state index contributed by atoms with van der Waals surface area (Å²) in [5, 5.41) is 0. The van der Waals surface area contributed by atoms with E-state index in [1.54, 1.807) is 17.3 Å². The maximum atomic E-state index is 12.5. The van der Waals surface area contributed by atoms with Crippen molar-refractivity contribution < 1.29 is 13.2 Å². The number of aromatic nitrogens is 2. The van der Waals surface area contributed by atoms with Gasteiger partial charge in [-0.05, 0) is 35.4 Å². The lowest BCUT2D eigenvalue weighted by Crippen LogP contribution is -2.39. The molecule has 94 valence electrons. The highest BCUT2D eigenvalue weighted by Crippen LogP contribution is 2.34. The molecule has 0 saturated carbocycles. The van der Waals surface area contributed by atoms with E-state index in [4.69, 9.17) is 0 Å². The summed E-state index contributed by atoms with van der Waals surface area (Å²) < 4.78 is 38.3. The normalized spacial score (nSPS) is 18.5. The number of hydrogen-bond acceptors (Lipinski definition) is 3. The Morgan fingerprint density at radius 2 is 1.71 bits per heavy atom. The monoisotopic (exact) mass is 357 g/mol. The molecule has 3 nitrogen and oxygen atoms in total. The van der Waals surface area contributed by atoms with Gasteiger partial charge in [0, 0.05) is 29.1 Å². The van der Waals surface area contributed by atoms with Crippen LogP contribution in [0.25, 0.3) is 0 Å². The summed E-state index contributed by atoms with van der Waals surface area (Å²) >= 11 is 2.09. The van der Waals surface area contributed by atoms with Crippen LogP contribution < -0.4 is 4.90 Å². The molecule has 0 unspecified atom stereocenters. The molecule has 1 fully saturated rings. The average Bonchev–Trinajstić information content (AvgIpc) is 2.29. The summed E-state index contributed by atoms with van der Waals surface area (Å²) in [5.41, 5.74) is 0. The number of halogens is 4. The Kier molecular flexibility index (Phi) is 3.74. The van der Waals surface area contributed by atoms with Gasteiger partial charge >= 0.3 is 6.18 Å². The highest BCUT2D eigenvalue weighted by atomic mass is 127. The highest BCUT2D eigenvalue weighted by Gasteiger charge is 2.41. The van der Waals surface area contributed by atoms with Crippen LogP contribution in [-0.4, -0.2) is 29.2 Å². The molecule has 0 atom stereocenters. The zero-order valence-corrected chi connectivity index (χ0v) is 11.1. The number of piperidine rings is 1. The molecule has 1 aliphatic rings. The van der Waals surface area contributed by atoms with Crippen molar-refractivity contribution in [3.63, 3.8) is 0 Å². The van der Waals surface area contributed by atoms with E-state index in [9.17, 15) is 13.2 Å². The molecule has 0 aromatic carbocycles. The van der Waals surface area contributed by atoms with E-state index in [1.165, 1.54) is 0 Å². The van der Waals surface area contributed by atoms with E-state index in [0.29, 0.717) is 19.0 Å². The Bertz CT molecular complexity index is 371. The molecular formula is C10H11F3IN3. The van der Waals surface area contributed by atoms with E-state index in [1.807, 2.05) is 0 Å². The third kappa shape index (κ3) is 3.20. The van der Waals surface area contributed by atoms with E-state index in [-0.39, 0.29) is 12.8 Å². The second kappa shape index (κ2) is 4.95. The van der Waals surface area contributed by atoms with Gasteiger partial charge in [0.25, 0.3) is 0 Å². The van der Waals surface area contributed by atoms with E-state index in [2.05, 4.69) is 32.6 Å². The third-order valence-corrected chi connectivity index (χ3v) is 3.40. The topological polar surface area (TPSA) is 29.0 Å². The van der Waals surface area contributed by atoms with Crippen LogP contribution in [0.15, 0.2) is 12.4 Å². The molecule has 17 heavy (non-hydrogen) atoms. The van der Waals surface area contributed by atoms with Crippen LogP contribution in [0, 0.1) is 9.49 Å². The van der Waals surface area contributed by atoms with Gasteiger partial charge < -0.3 is 4.90 Å². The fourth-order valence-electron chi connectivity index (χ4n) is 1.88. The summed E-state index contributed by atoms with van der Waals surface area (Å²) in [4.78, 5) is 10.0. The molecule has 0 spiro atoms. The molecule has 0 aliphatic carbocycles. The highest BCUT2D eigenvalue weighted by molar-refractivity contribution is 14.1. The van der Waals surface area contributed by atoms with Gasteiger partial charge in [-0.3, -0.25) is 0 Å². The maximum absolute atomic E-state index is 12.5. The summed E-state index contributed by atoms with van der Waals surface area (Å²) in [6.07, 6.45) is -0.492. The quantitative estimate of drug-likeness (QED) is 0.724. The van der Waals surface area contributed by atoms with E-state index in [0.717, 1.165) is 3.57 Å². The molecule has 1 aromatic heterocycles. The van der Waals surface area contributed by atoms with Crippen LogP contribution in [0.2, 0.25) is 0 Å². The molecule has 1 saturated heterocycles. The van der Waals surface area contributed by atoms with Gasteiger partial charge in [-0.15, -0.1) is 0 Å². The molecular weight excluding hydrogens is 346 g/mol. The SMILES string of the molecule is FC(F)(F)C1CCN(c2ncc(I)cn2)CC1. The Balaban J connectivity index is 1.97. The number of alkyl halides is 3. The van der Waals surface area contributed by atoms with Crippen LogP contribution >= 0.6 is 22.6 Å². The standard InChI is InChI=1S/C10H11F3IN3/c11-10(12,13)7-1-3-17(4-2-7)9-15-5-8(14)6-16-9/h5-7H,1-4H2. The number of nitrogens with zero attached hydrogens (tertiary/aromatic N) is 3. The molecule has 1 aliphatic heterocycles. The van der Waals surface area contributed by atoms with Gasteiger partial charge in [-0.1, -0.05) is 0 Å². The number of rotatable bonds is 1. The van der Waals surface area contributed by atoms with Gasteiger partial charge in [0.1, 0.15) is 0 Å². The molecule has 0 N–H and O–H groups in total. The van der Waals surface area contributed by atoms with Crippen molar-refractivity contribution in [2.75, 3.05) is 18.0 Å². The van der Waals surface area contributed by atoms with Crippen molar-refractivity contribution >= 4 is 28.5 Å². The second-order valence-electron chi connectivity index (χ2n) is 4.00. The Morgan fingerprint density at radius 1 is 1.18 bits per heavy atom. The smallest absolute Gasteiger partial charge is 0.341 e. The average molecular weight is 357 g/mol. The predicted octanol–water partition coefficient (Wildman–Crippen LogP) is 2.86. The molecule has 0 radical (unpaired) electrons. The number of hydrogen-bond donors (Lipinski definition) is 0. The fraction of sp³-hybridized carbons (Fsp3) is 0.600. The first-order valence-electron chi connectivity index (χ1n) is 5.26. The Morgan fingerprint density at radius 3 is 2.18 bits per heavy atom. The third-order valence-electron chi connectivity index (χ3n) is 2.85. The van der Waals surface area contributed by atoms with Crippen LogP contribution in [0.5, 0.6) is 0 Å². The Hall–Kier alpha value is -0.600. The van der Waals surface area contributed by atoms with Crippen molar-refractivity contribution in [3.05, 3.63) is 16.0 Å². The summed E-state index contributed by atoms with van der Waals surface area (Å²) in [7, 11) is 0. The predicted molar refractivity (Wildman–Crippen MR) is 65.7 cm³/mol. The van der Waals surface area contributed by atoms with Crippen molar-refractivity contribution in [1.82, 2.24) is 9.97 Å². The molecule has 2 rings (SSSR count). The van der Waals surface area contributed by atoms with E-state index >= 15 is 0 Å². The molecule has 7 heteroatoms.